The molecule has 1 N–H and O–H groups in total. The predicted molar refractivity (Wildman–Crippen MR) is 126 cm³/mol. The van der Waals surface area contributed by atoms with Gasteiger partial charge in [-0.1, -0.05) is 79.6 Å². The molecule has 0 radical (unpaired) electrons. The average Bonchev–Trinajstić information content (AvgIpc) is 3.08. The van der Waals surface area contributed by atoms with Gasteiger partial charge in [-0.25, -0.2) is 4.99 Å². The lowest BCUT2D eigenvalue weighted by molar-refractivity contribution is -0.129. The molecule has 5 nitrogen and oxygen atoms in total. The molecule has 162 valence electrons. The Morgan fingerprint density at radius 3 is 2.39 bits per heavy atom. The van der Waals surface area contributed by atoms with Gasteiger partial charge in [0.15, 0.2) is 5.17 Å². The van der Waals surface area contributed by atoms with Crippen molar-refractivity contribution in [3.8, 4) is 0 Å². The molecule has 2 fully saturated rings. The van der Waals surface area contributed by atoms with E-state index >= 15 is 0 Å². The van der Waals surface area contributed by atoms with Gasteiger partial charge in [-0.15, -0.1) is 0 Å². The van der Waals surface area contributed by atoms with Crippen LogP contribution < -0.4 is 5.32 Å². The summed E-state index contributed by atoms with van der Waals surface area (Å²) in [6.45, 7) is 1.18. The Balaban J connectivity index is 1.43. The van der Waals surface area contributed by atoms with Crippen LogP contribution in [-0.4, -0.2) is 33.7 Å². The molecule has 0 spiro atoms. The van der Waals surface area contributed by atoms with Crippen molar-refractivity contribution in [2.75, 3.05) is 6.54 Å². The van der Waals surface area contributed by atoms with Crippen LogP contribution >= 0.6 is 11.8 Å². The largest absolute Gasteiger partial charge is 0.352 e. The van der Waals surface area contributed by atoms with Crippen molar-refractivity contribution in [3.05, 3.63) is 66.2 Å². The van der Waals surface area contributed by atoms with Crippen LogP contribution in [-0.2, 0) is 16.1 Å². The molecule has 31 heavy (non-hydrogen) atoms. The molecule has 2 amide bonds. The molecular weight excluding hydrogens is 406 g/mol. The van der Waals surface area contributed by atoms with Gasteiger partial charge in [0, 0.05) is 19.5 Å². The first-order chi connectivity index (χ1) is 15.2. The lowest BCUT2D eigenvalue weighted by Crippen LogP contribution is -2.38. The number of aliphatic imine (C=N–C) groups is 1. The third-order valence-corrected chi connectivity index (χ3v) is 7.05. The van der Waals surface area contributed by atoms with Gasteiger partial charge in [-0.05, 0) is 36.5 Å². The van der Waals surface area contributed by atoms with Gasteiger partial charge in [0.2, 0.25) is 11.8 Å². The number of benzene rings is 2. The summed E-state index contributed by atoms with van der Waals surface area (Å²) in [4.78, 5) is 32.4. The number of nitrogens with zero attached hydrogens (tertiary/aromatic N) is 2. The Morgan fingerprint density at radius 1 is 1.00 bits per heavy atom. The molecule has 1 aliphatic carbocycles. The van der Waals surface area contributed by atoms with Gasteiger partial charge in [-0.3, -0.25) is 14.5 Å². The second kappa shape index (κ2) is 10.6. The molecule has 1 atom stereocenters. The highest BCUT2D eigenvalue weighted by atomic mass is 32.2. The molecule has 4 rings (SSSR count). The fraction of sp³-hybridized carbons (Fsp3) is 0.400. The number of thioether (sulfide) groups is 1. The lowest BCUT2D eigenvalue weighted by atomic mass is 9.89. The van der Waals surface area contributed by atoms with Crippen molar-refractivity contribution < 1.29 is 9.59 Å². The van der Waals surface area contributed by atoms with E-state index in [4.69, 9.17) is 4.99 Å². The quantitative estimate of drug-likeness (QED) is 0.672. The summed E-state index contributed by atoms with van der Waals surface area (Å²) in [5.41, 5.74) is 1.88. The Kier molecular flexibility index (Phi) is 7.41. The number of hydrogen-bond acceptors (Lipinski definition) is 4. The normalized spacial score (nSPS) is 20.9. The van der Waals surface area contributed by atoms with E-state index in [1.165, 1.54) is 31.0 Å². The molecular formula is C25H29N3O2S. The van der Waals surface area contributed by atoms with Crippen LogP contribution in [0, 0.1) is 5.92 Å². The molecule has 2 aliphatic rings. The summed E-state index contributed by atoms with van der Waals surface area (Å²) in [6, 6.07) is 19.5. The van der Waals surface area contributed by atoms with Crippen molar-refractivity contribution in [2.45, 2.75) is 50.3 Å². The Hall–Kier alpha value is -2.60. The Morgan fingerprint density at radius 2 is 1.68 bits per heavy atom. The number of hydrogen-bond donors (Lipinski definition) is 1. The van der Waals surface area contributed by atoms with E-state index in [1.807, 2.05) is 65.6 Å². The number of carbonyl (C=O) groups excluding carboxylic acids is 2. The van der Waals surface area contributed by atoms with Gasteiger partial charge in [0.25, 0.3) is 0 Å². The molecule has 0 aromatic heterocycles. The third-order valence-electron chi connectivity index (χ3n) is 5.87. The van der Waals surface area contributed by atoms with Crippen LogP contribution in [0.15, 0.2) is 65.7 Å². The molecule has 1 saturated carbocycles. The first-order valence-electron chi connectivity index (χ1n) is 11.1. The highest BCUT2D eigenvalue weighted by Gasteiger charge is 2.40. The van der Waals surface area contributed by atoms with Crippen molar-refractivity contribution in [2.24, 2.45) is 10.9 Å². The SMILES string of the molecule is O=C(CC1SC(=Nc2ccccc2)N(CC2CCCCC2)C1=O)NCc1ccccc1. The van der Waals surface area contributed by atoms with E-state index in [0.717, 1.165) is 29.3 Å². The van der Waals surface area contributed by atoms with Crippen molar-refractivity contribution in [3.63, 3.8) is 0 Å². The molecule has 2 aromatic carbocycles. The number of amides is 2. The fourth-order valence-electron chi connectivity index (χ4n) is 4.17. The standard InChI is InChI=1S/C25H29N3O2S/c29-23(26-17-19-10-4-1-5-11-19)16-22-24(30)28(18-20-12-6-2-7-13-20)25(31-22)27-21-14-8-3-9-15-21/h1,3-5,8-11,14-15,20,22H,2,6-7,12-13,16-18H2,(H,26,29). The lowest BCUT2D eigenvalue weighted by Gasteiger charge is -2.26. The summed E-state index contributed by atoms with van der Waals surface area (Å²) < 4.78 is 0. The van der Waals surface area contributed by atoms with Gasteiger partial charge < -0.3 is 5.32 Å². The number of nitrogens with one attached hydrogen (secondary N) is 1. The molecule has 1 heterocycles. The summed E-state index contributed by atoms with van der Waals surface area (Å²) in [7, 11) is 0. The molecule has 1 aliphatic heterocycles. The highest BCUT2D eigenvalue weighted by molar-refractivity contribution is 8.15. The monoisotopic (exact) mass is 435 g/mol. The number of rotatable bonds is 7. The minimum absolute atomic E-state index is 0.0140. The molecule has 2 aromatic rings. The van der Waals surface area contributed by atoms with Crippen LogP contribution in [0.5, 0.6) is 0 Å². The summed E-state index contributed by atoms with van der Waals surface area (Å²) in [5, 5.41) is 3.25. The maximum atomic E-state index is 13.2. The van der Waals surface area contributed by atoms with Crippen LogP contribution in [0.3, 0.4) is 0 Å². The summed E-state index contributed by atoms with van der Waals surface area (Å²) in [5.74, 6) is 0.429. The van der Waals surface area contributed by atoms with E-state index in [-0.39, 0.29) is 18.2 Å². The van der Waals surface area contributed by atoms with E-state index in [1.54, 1.807) is 0 Å². The van der Waals surface area contributed by atoms with Crippen LogP contribution in [0.4, 0.5) is 5.69 Å². The summed E-state index contributed by atoms with van der Waals surface area (Å²) in [6.07, 6.45) is 6.25. The minimum Gasteiger partial charge on any atom is -0.352 e. The zero-order chi connectivity index (χ0) is 21.5. The summed E-state index contributed by atoms with van der Waals surface area (Å²) >= 11 is 1.43. The van der Waals surface area contributed by atoms with Crippen LogP contribution in [0.2, 0.25) is 0 Å². The average molecular weight is 436 g/mol. The van der Waals surface area contributed by atoms with E-state index < -0.39 is 5.25 Å². The van der Waals surface area contributed by atoms with Crippen LogP contribution in [0.1, 0.15) is 44.1 Å². The predicted octanol–water partition coefficient (Wildman–Crippen LogP) is 4.90. The van der Waals surface area contributed by atoms with Crippen LogP contribution in [0.25, 0.3) is 0 Å². The highest BCUT2D eigenvalue weighted by Crippen LogP contribution is 2.34. The fourth-order valence-corrected chi connectivity index (χ4v) is 5.34. The van der Waals surface area contributed by atoms with E-state index in [0.29, 0.717) is 19.0 Å². The number of amidine groups is 1. The third kappa shape index (κ3) is 5.97. The minimum atomic E-state index is -0.415. The van der Waals surface area contributed by atoms with Crippen molar-refractivity contribution in [1.29, 1.82) is 0 Å². The molecule has 6 heteroatoms. The number of para-hydroxylation sites is 1. The molecule has 1 saturated heterocycles. The number of carbonyl (C=O) groups is 2. The second-order valence-electron chi connectivity index (χ2n) is 8.26. The van der Waals surface area contributed by atoms with Crippen molar-refractivity contribution in [1.82, 2.24) is 10.2 Å². The molecule has 1 unspecified atom stereocenters. The zero-order valence-corrected chi connectivity index (χ0v) is 18.5. The Labute approximate surface area is 188 Å². The second-order valence-corrected chi connectivity index (χ2v) is 9.43. The molecule has 0 bridgehead atoms. The maximum absolute atomic E-state index is 13.2. The first kappa shape index (κ1) is 21.6. The first-order valence-corrected chi connectivity index (χ1v) is 12.0. The maximum Gasteiger partial charge on any atom is 0.242 e. The van der Waals surface area contributed by atoms with Gasteiger partial charge in [-0.2, -0.15) is 0 Å². The Bertz CT molecular complexity index is 911. The van der Waals surface area contributed by atoms with Gasteiger partial charge in [0.1, 0.15) is 5.25 Å². The van der Waals surface area contributed by atoms with E-state index in [2.05, 4.69) is 5.32 Å². The van der Waals surface area contributed by atoms with Gasteiger partial charge >= 0.3 is 0 Å². The van der Waals surface area contributed by atoms with E-state index in [9.17, 15) is 9.59 Å². The topological polar surface area (TPSA) is 61.8 Å². The van der Waals surface area contributed by atoms with Crippen molar-refractivity contribution >= 4 is 34.4 Å². The zero-order valence-electron chi connectivity index (χ0n) is 17.7. The van der Waals surface area contributed by atoms with Gasteiger partial charge in [0.05, 0.1) is 5.69 Å². The smallest absolute Gasteiger partial charge is 0.242 e.